The summed E-state index contributed by atoms with van der Waals surface area (Å²) in [5.74, 6) is -0.728. The van der Waals surface area contributed by atoms with Crippen LogP contribution in [0.15, 0.2) is 0 Å². The van der Waals surface area contributed by atoms with Gasteiger partial charge in [0.05, 0.1) is 12.8 Å². The van der Waals surface area contributed by atoms with E-state index in [1.54, 1.807) is 0 Å². The van der Waals surface area contributed by atoms with Crippen LogP contribution in [0.1, 0.15) is 35.9 Å². The van der Waals surface area contributed by atoms with E-state index in [4.69, 9.17) is 0 Å². The van der Waals surface area contributed by atoms with E-state index in [1.165, 1.54) is 18.8 Å². The molecule has 0 aliphatic carbocycles. The van der Waals surface area contributed by atoms with Crippen LogP contribution in [0, 0.1) is 0 Å². The van der Waals surface area contributed by atoms with Gasteiger partial charge in [0.1, 0.15) is 6.54 Å². The Morgan fingerprint density at radius 1 is 1.47 bits per heavy atom. The molecule has 1 rings (SSSR count). The van der Waals surface area contributed by atoms with E-state index in [0.717, 1.165) is 0 Å². The van der Waals surface area contributed by atoms with Crippen LogP contribution in [0.5, 0.6) is 0 Å². The largest absolute Gasteiger partial charge is 0.464 e. The molecule has 0 radical (unpaired) electrons. The van der Waals surface area contributed by atoms with Crippen molar-refractivity contribution in [2.45, 2.75) is 26.3 Å². The molecular formula is C10H16N4O3. The fraction of sp³-hybridized carbons (Fsp3) is 0.600. The lowest BCUT2D eigenvalue weighted by atomic mass is 10.1. The number of carbonyl (C=O) groups is 2. The zero-order valence-corrected chi connectivity index (χ0v) is 10.4. The van der Waals surface area contributed by atoms with Gasteiger partial charge in [-0.15, -0.1) is 5.10 Å². The number of ether oxygens (including phenoxy) is 1. The molecule has 17 heavy (non-hydrogen) atoms. The van der Waals surface area contributed by atoms with Gasteiger partial charge in [0.15, 0.2) is 5.69 Å². The zero-order chi connectivity index (χ0) is 13.0. The van der Waals surface area contributed by atoms with Crippen molar-refractivity contribution in [2.75, 3.05) is 14.2 Å². The molecule has 0 unspecified atom stereocenters. The van der Waals surface area contributed by atoms with Crippen molar-refractivity contribution in [1.29, 1.82) is 0 Å². The summed E-state index contributed by atoms with van der Waals surface area (Å²) >= 11 is 0. The number of carbonyl (C=O) groups excluding carboxylic acids is 2. The van der Waals surface area contributed by atoms with Crippen LogP contribution in [0.3, 0.4) is 0 Å². The average molecular weight is 240 g/mol. The van der Waals surface area contributed by atoms with Crippen LogP contribution in [-0.2, 0) is 16.1 Å². The minimum absolute atomic E-state index is 0.0174. The highest BCUT2D eigenvalue weighted by atomic mass is 16.5. The Balaban J connectivity index is 3.11. The second-order valence-electron chi connectivity index (χ2n) is 3.80. The summed E-state index contributed by atoms with van der Waals surface area (Å²) in [7, 11) is 2.82. The second kappa shape index (κ2) is 5.42. The Hall–Kier alpha value is -1.92. The number of amides is 1. The van der Waals surface area contributed by atoms with Gasteiger partial charge < -0.3 is 10.1 Å². The lowest BCUT2D eigenvalue weighted by Gasteiger charge is -2.09. The van der Waals surface area contributed by atoms with Gasteiger partial charge in [-0.25, -0.2) is 9.48 Å². The number of hydrogen-bond donors (Lipinski definition) is 1. The zero-order valence-electron chi connectivity index (χ0n) is 10.4. The molecule has 0 aromatic carbocycles. The SMILES string of the molecule is CNC(=O)Cn1nnc(C(=O)OC)c1C(C)C. The molecule has 94 valence electrons. The lowest BCUT2D eigenvalue weighted by molar-refractivity contribution is -0.121. The summed E-state index contributed by atoms with van der Waals surface area (Å²) < 4.78 is 6.03. The van der Waals surface area contributed by atoms with Gasteiger partial charge in [0.25, 0.3) is 0 Å². The monoisotopic (exact) mass is 240 g/mol. The predicted molar refractivity (Wildman–Crippen MR) is 59.5 cm³/mol. The number of nitrogens with one attached hydrogen (secondary N) is 1. The number of aromatic nitrogens is 3. The second-order valence-corrected chi connectivity index (χ2v) is 3.80. The third-order valence-corrected chi connectivity index (χ3v) is 2.27. The molecule has 1 aromatic heterocycles. The summed E-state index contributed by atoms with van der Waals surface area (Å²) in [4.78, 5) is 22.8. The molecule has 0 saturated heterocycles. The van der Waals surface area contributed by atoms with Crippen LogP contribution in [0.25, 0.3) is 0 Å². The first kappa shape index (κ1) is 13.1. The van der Waals surface area contributed by atoms with E-state index < -0.39 is 5.97 Å². The minimum atomic E-state index is -0.545. The molecule has 0 saturated carbocycles. The predicted octanol–water partition coefficient (Wildman–Crippen LogP) is -0.0659. The summed E-state index contributed by atoms with van der Waals surface area (Å²) in [6.07, 6.45) is 0. The van der Waals surface area contributed by atoms with Crippen LogP contribution < -0.4 is 5.32 Å². The molecule has 0 bridgehead atoms. The Morgan fingerprint density at radius 2 is 2.12 bits per heavy atom. The first-order valence-electron chi connectivity index (χ1n) is 5.23. The van der Waals surface area contributed by atoms with Crippen molar-refractivity contribution in [3.63, 3.8) is 0 Å². The number of hydrogen-bond acceptors (Lipinski definition) is 5. The Kier molecular flexibility index (Phi) is 4.19. The number of esters is 1. The summed E-state index contributed by atoms with van der Waals surface area (Å²) in [6, 6.07) is 0. The summed E-state index contributed by atoms with van der Waals surface area (Å²) in [5, 5.41) is 10.0. The molecule has 1 N–H and O–H groups in total. The van der Waals surface area contributed by atoms with Crippen molar-refractivity contribution < 1.29 is 14.3 Å². The first-order valence-corrected chi connectivity index (χ1v) is 5.23. The fourth-order valence-electron chi connectivity index (χ4n) is 1.47. The molecule has 1 aromatic rings. The maximum atomic E-state index is 11.5. The van der Waals surface area contributed by atoms with Crippen LogP contribution in [0.4, 0.5) is 0 Å². The van der Waals surface area contributed by atoms with E-state index >= 15 is 0 Å². The van der Waals surface area contributed by atoms with Crippen molar-refractivity contribution in [3.05, 3.63) is 11.4 Å². The molecule has 0 aliphatic rings. The quantitative estimate of drug-likeness (QED) is 0.745. The summed E-state index contributed by atoms with van der Waals surface area (Å²) in [6.45, 7) is 3.82. The molecule has 1 amide bonds. The molecule has 7 nitrogen and oxygen atoms in total. The standard InChI is InChI=1S/C10H16N4O3/c1-6(2)9-8(10(16)17-4)12-13-14(9)5-7(15)11-3/h6H,5H2,1-4H3,(H,11,15). The smallest absolute Gasteiger partial charge is 0.360 e. The maximum Gasteiger partial charge on any atom is 0.360 e. The van der Waals surface area contributed by atoms with Crippen molar-refractivity contribution in [3.8, 4) is 0 Å². The van der Waals surface area contributed by atoms with Crippen LogP contribution in [0.2, 0.25) is 0 Å². The summed E-state index contributed by atoms with van der Waals surface area (Å²) in [5.41, 5.74) is 0.756. The molecule has 0 spiro atoms. The van der Waals surface area contributed by atoms with Crippen molar-refractivity contribution >= 4 is 11.9 Å². The number of rotatable bonds is 4. The molecule has 0 fully saturated rings. The van der Waals surface area contributed by atoms with Gasteiger partial charge in [0, 0.05) is 7.05 Å². The highest BCUT2D eigenvalue weighted by molar-refractivity contribution is 5.88. The van der Waals surface area contributed by atoms with Crippen LogP contribution in [-0.4, -0.2) is 41.0 Å². The number of likely N-dealkylation sites (N-methyl/N-ethyl adjacent to an activating group) is 1. The van der Waals surface area contributed by atoms with E-state index in [0.29, 0.717) is 5.69 Å². The number of methoxy groups -OCH3 is 1. The Labute approximate surface area is 99.1 Å². The molecule has 0 aliphatic heterocycles. The van der Waals surface area contributed by atoms with Gasteiger partial charge in [-0.2, -0.15) is 0 Å². The topological polar surface area (TPSA) is 86.1 Å². The van der Waals surface area contributed by atoms with Gasteiger partial charge in [-0.1, -0.05) is 19.1 Å². The van der Waals surface area contributed by atoms with Crippen molar-refractivity contribution in [1.82, 2.24) is 20.3 Å². The highest BCUT2D eigenvalue weighted by Gasteiger charge is 2.23. The van der Waals surface area contributed by atoms with Gasteiger partial charge in [-0.3, -0.25) is 4.79 Å². The Morgan fingerprint density at radius 3 is 2.59 bits per heavy atom. The molecule has 7 heteroatoms. The maximum absolute atomic E-state index is 11.5. The average Bonchev–Trinajstić information content (AvgIpc) is 2.71. The van der Waals surface area contributed by atoms with Crippen molar-refractivity contribution in [2.24, 2.45) is 0 Å². The van der Waals surface area contributed by atoms with E-state index in [-0.39, 0.29) is 24.1 Å². The van der Waals surface area contributed by atoms with Gasteiger partial charge in [0.2, 0.25) is 5.91 Å². The number of nitrogens with zero attached hydrogens (tertiary/aromatic N) is 3. The van der Waals surface area contributed by atoms with E-state index in [2.05, 4.69) is 20.4 Å². The third kappa shape index (κ3) is 2.80. The first-order chi connectivity index (χ1) is 8.01. The molecule has 1 heterocycles. The molecular weight excluding hydrogens is 224 g/mol. The van der Waals surface area contributed by atoms with E-state index in [9.17, 15) is 9.59 Å². The van der Waals surface area contributed by atoms with Gasteiger partial charge in [-0.05, 0) is 5.92 Å². The lowest BCUT2D eigenvalue weighted by Crippen LogP contribution is -2.25. The fourth-order valence-corrected chi connectivity index (χ4v) is 1.47. The molecule has 0 atom stereocenters. The third-order valence-electron chi connectivity index (χ3n) is 2.27. The van der Waals surface area contributed by atoms with Crippen LogP contribution >= 0.6 is 0 Å². The normalized spacial score (nSPS) is 10.4. The Bertz CT molecular complexity index is 425. The van der Waals surface area contributed by atoms with E-state index in [1.807, 2.05) is 13.8 Å². The highest BCUT2D eigenvalue weighted by Crippen LogP contribution is 2.18. The minimum Gasteiger partial charge on any atom is -0.464 e. The van der Waals surface area contributed by atoms with Gasteiger partial charge >= 0.3 is 5.97 Å².